The molecule has 0 aliphatic heterocycles. The summed E-state index contributed by atoms with van der Waals surface area (Å²) in [7, 11) is 1.96. The van der Waals surface area contributed by atoms with Crippen LogP contribution < -0.4 is 5.43 Å². The maximum absolute atomic E-state index is 3.15. The zero-order valence-electron chi connectivity index (χ0n) is 9.72. The molecule has 0 amide bonds. The smallest absolute Gasteiger partial charge is 0.0309 e. The largest absolute Gasteiger partial charge is 0.316 e. The first kappa shape index (κ1) is 12.5. The summed E-state index contributed by atoms with van der Waals surface area (Å²) in [5, 5.41) is 2.13. The molecule has 2 nitrogen and oxygen atoms in total. The molecule has 0 saturated heterocycles. The first-order chi connectivity index (χ1) is 6.19. The van der Waals surface area contributed by atoms with Crippen molar-refractivity contribution >= 4 is 0 Å². The predicted octanol–water partition coefficient (Wildman–Crippen LogP) is 2.78. The van der Waals surface area contributed by atoms with E-state index >= 15 is 0 Å². The number of hydrogen-bond acceptors (Lipinski definition) is 2. The molecule has 0 aliphatic rings. The fourth-order valence-corrected chi connectivity index (χ4v) is 1.34. The Hall–Kier alpha value is -0.500. The minimum atomic E-state index is 0.701. The molecule has 0 fully saturated rings. The zero-order valence-corrected chi connectivity index (χ0v) is 9.72. The summed E-state index contributed by atoms with van der Waals surface area (Å²) >= 11 is 0. The van der Waals surface area contributed by atoms with Gasteiger partial charge >= 0.3 is 0 Å². The quantitative estimate of drug-likeness (QED) is 0.639. The van der Waals surface area contributed by atoms with E-state index in [1.54, 1.807) is 0 Å². The highest BCUT2D eigenvalue weighted by atomic mass is 15.5. The van der Waals surface area contributed by atoms with Crippen LogP contribution in [-0.4, -0.2) is 18.6 Å². The summed E-state index contributed by atoms with van der Waals surface area (Å²) in [4.78, 5) is 0. The Bertz CT molecular complexity index is 148. The van der Waals surface area contributed by atoms with Crippen molar-refractivity contribution in [3.8, 4) is 0 Å². The van der Waals surface area contributed by atoms with E-state index in [1.807, 2.05) is 7.05 Å². The molecule has 1 N–H and O–H groups in total. The standard InChI is InChI=1S/C11H24N2/c1-6-10(4)11(7-2)9-13(8-3)12-5/h9-10,12H,6-8H2,1-5H3/b11-9-. The molecule has 78 valence electrons. The molecular weight excluding hydrogens is 160 g/mol. The van der Waals surface area contributed by atoms with E-state index in [4.69, 9.17) is 0 Å². The topological polar surface area (TPSA) is 15.3 Å². The lowest BCUT2D eigenvalue weighted by Crippen LogP contribution is -2.30. The van der Waals surface area contributed by atoms with Gasteiger partial charge in [0.2, 0.25) is 0 Å². The van der Waals surface area contributed by atoms with E-state index in [0.29, 0.717) is 5.92 Å². The molecule has 0 aliphatic carbocycles. The van der Waals surface area contributed by atoms with Crippen LogP contribution in [0.2, 0.25) is 0 Å². The first-order valence-corrected chi connectivity index (χ1v) is 5.34. The van der Waals surface area contributed by atoms with E-state index in [0.717, 1.165) is 13.0 Å². The Morgan fingerprint density at radius 3 is 2.31 bits per heavy atom. The lowest BCUT2D eigenvalue weighted by atomic mass is 9.97. The van der Waals surface area contributed by atoms with Crippen molar-refractivity contribution in [2.45, 2.75) is 40.5 Å². The third-order valence-electron chi connectivity index (χ3n) is 2.60. The van der Waals surface area contributed by atoms with Crippen molar-refractivity contribution in [2.24, 2.45) is 5.92 Å². The maximum Gasteiger partial charge on any atom is 0.0309 e. The molecule has 1 atom stereocenters. The van der Waals surface area contributed by atoms with Gasteiger partial charge < -0.3 is 5.01 Å². The van der Waals surface area contributed by atoms with E-state index < -0.39 is 0 Å². The average Bonchev–Trinajstić information content (AvgIpc) is 2.19. The number of hydrogen-bond donors (Lipinski definition) is 1. The fourth-order valence-electron chi connectivity index (χ4n) is 1.34. The van der Waals surface area contributed by atoms with E-state index in [1.165, 1.54) is 12.0 Å². The lowest BCUT2D eigenvalue weighted by Gasteiger charge is -2.21. The van der Waals surface area contributed by atoms with Crippen molar-refractivity contribution in [1.29, 1.82) is 0 Å². The van der Waals surface area contributed by atoms with Gasteiger partial charge in [0.25, 0.3) is 0 Å². The van der Waals surface area contributed by atoms with Crippen LogP contribution in [0.4, 0.5) is 0 Å². The van der Waals surface area contributed by atoms with Gasteiger partial charge in [0.15, 0.2) is 0 Å². The van der Waals surface area contributed by atoms with Crippen LogP contribution in [0.15, 0.2) is 11.8 Å². The second-order valence-electron chi connectivity index (χ2n) is 3.38. The van der Waals surface area contributed by atoms with Gasteiger partial charge in [-0.1, -0.05) is 26.3 Å². The number of allylic oxidation sites excluding steroid dienone is 1. The second-order valence-corrected chi connectivity index (χ2v) is 3.38. The lowest BCUT2D eigenvalue weighted by molar-refractivity contribution is 0.308. The van der Waals surface area contributed by atoms with Crippen LogP contribution in [-0.2, 0) is 0 Å². The van der Waals surface area contributed by atoms with E-state index in [2.05, 4.69) is 44.3 Å². The highest BCUT2D eigenvalue weighted by Crippen LogP contribution is 2.17. The molecule has 0 rings (SSSR count). The van der Waals surface area contributed by atoms with Gasteiger partial charge in [0, 0.05) is 19.8 Å². The van der Waals surface area contributed by atoms with Crippen molar-refractivity contribution in [1.82, 2.24) is 10.4 Å². The molecule has 0 saturated carbocycles. The highest BCUT2D eigenvalue weighted by Gasteiger charge is 2.05. The van der Waals surface area contributed by atoms with Crippen LogP contribution in [0.3, 0.4) is 0 Å². The summed E-state index contributed by atoms with van der Waals surface area (Å²) in [5.74, 6) is 0.701. The van der Waals surface area contributed by atoms with Gasteiger partial charge in [0.1, 0.15) is 0 Å². The summed E-state index contributed by atoms with van der Waals surface area (Å²) < 4.78 is 0. The zero-order chi connectivity index (χ0) is 10.3. The molecule has 0 heterocycles. The van der Waals surface area contributed by atoms with Gasteiger partial charge in [-0.05, 0) is 25.7 Å². The van der Waals surface area contributed by atoms with Crippen molar-refractivity contribution < 1.29 is 0 Å². The van der Waals surface area contributed by atoms with Crippen molar-refractivity contribution in [3.05, 3.63) is 11.8 Å². The molecule has 0 bridgehead atoms. The number of nitrogens with one attached hydrogen (secondary N) is 1. The SMILES string of the molecule is CC/C(=C/N(CC)NC)C(C)CC. The molecule has 0 radical (unpaired) electrons. The van der Waals surface area contributed by atoms with Crippen LogP contribution in [0, 0.1) is 5.92 Å². The molecule has 0 spiro atoms. The third kappa shape index (κ3) is 4.32. The van der Waals surface area contributed by atoms with Gasteiger partial charge in [-0.15, -0.1) is 0 Å². The van der Waals surface area contributed by atoms with Crippen LogP contribution in [0.1, 0.15) is 40.5 Å². The number of nitrogens with zero attached hydrogens (tertiary/aromatic N) is 1. The van der Waals surface area contributed by atoms with Crippen molar-refractivity contribution in [2.75, 3.05) is 13.6 Å². The molecule has 0 aromatic heterocycles. The van der Waals surface area contributed by atoms with Crippen LogP contribution >= 0.6 is 0 Å². The second kappa shape index (κ2) is 6.96. The molecule has 0 aromatic carbocycles. The summed E-state index contributed by atoms with van der Waals surface area (Å²) in [5.41, 5.74) is 4.68. The van der Waals surface area contributed by atoms with Crippen LogP contribution in [0.5, 0.6) is 0 Å². The number of hydrazine groups is 1. The summed E-state index contributed by atoms with van der Waals surface area (Å²) in [6.07, 6.45) is 4.61. The Morgan fingerprint density at radius 1 is 1.38 bits per heavy atom. The highest BCUT2D eigenvalue weighted by molar-refractivity contribution is 5.03. The Balaban J connectivity index is 4.34. The summed E-state index contributed by atoms with van der Waals surface area (Å²) in [6.45, 7) is 9.91. The molecule has 2 heteroatoms. The monoisotopic (exact) mass is 184 g/mol. The normalized spacial score (nSPS) is 14.4. The van der Waals surface area contributed by atoms with Gasteiger partial charge in [0.05, 0.1) is 0 Å². The minimum absolute atomic E-state index is 0.701. The summed E-state index contributed by atoms with van der Waals surface area (Å²) in [6, 6.07) is 0. The third-order valence-corrected chi connectivity index (χ3v) is 2.60. The maximum atomic E-state index is 3.15. The molecule has 1 unspecified atom stereocenters. The fraction of sp³-hybridized carbons (Fsp3) is 0.818. The molecule has 13 heavy (non-hydrogen) atoms. The van der Waals surface area contributed by atoms with Gasteiger partial charge in [-0.25, -0.2) is 5.43 Å². The first-order valence-electron chi connectivity index (χ1n) is 5.34. The Morgan fingerprint density at radius 2 is 2.00 bits per heavy atom. The van der Waals surface area contributed by atoms with E-state index in [9.17, 15) is 0 Å². The van der Waals surface area contributed by atoms with Gasteiger partial charge in [-0.2, -0.15) is 0 Å². The minimum Gasteiger partial charge on any atom is -0.316 e. The Labute approximate surface area is 83.0 Å². The van der Waals surface area contributed by atoms with Crippen LogP contribution in [0.25, 0.3) is 0 Å². The molecular formula is C11H24N2. The Kier molecular flexibility index (Phi) is 6.69. The average molecular weight is 184 g/mol. The number of rotatable bonds is 6. The predicted molar refractivity (Wildman–Crippen MR) is 59.3 cm³/mol. The van der Waals surface area contributed by atoms with Crippen molar-refractivity contribution in [3.63, 3.8) is 0 Å². The molecule has 0 aromatic rings. The van der Waals surface area contributed by atoms with E-state index in [-0.39, 0.29) is 0 Å². The van der Waals surface area contributed by atoms with Gasteiger partial charge in [-0.3, -0.25) is 0 Å².